The standard InChI is InChI=1S/C13H11Cl2N3O/c14-13(15)8-9(13)12(19)17-10-4-1-2-5-11(10)18-7-3-6-16-18/h1-7,9H,8H2,(H,17,19). The van der Waals surface area contributed by atoms with Crippen LogP contribution >= 0.6 is 23.2 Å². The fraction of sp³-hybridized carbons (Fsp3) is 0.231. The second-order valence-corrected chi connectivity index (χ2v) is 6.02. The Labute approximate surface area is 120 Å². The second-order valence-electron chi connectivity index (χ2n) is 4.47. The highest BCUT2D eigenvalue weighted by molar-refractivity contribution is 6.52. The molecule has 4 nitrogen and oxygen atoms in total. The number of hydrogen-bond acceptors (Lipinski definition) is 2. The van der Waals surface area contributed by atoms with Gasteiger partial charge < -0.3 is 5.32 Å². The lowest BCUT2D eigenvalue weighted by molar-refractivity contribution is -0.117. The Bertz CT molecular complexity index is 610. The topological polar surface area (TPSA) is 46.9 Å². The second kappa shape index (κ2) is 4.54. The average molecular weight is 296 g/mol. The maximum Gasteiger partial charge on any atom is 0.230 e. The number of para-hydroxylation sites is 2. The Morgan fingerprint density at radius 2 is 2.11 bits per heavy atom. The minimum Gasteiger partial charge on any atom is -0.324 e. The van der Waals surface area contributed by atoms with Crippen molar-refractivity contribution in [2.75, 3.05) is 5.32 Å². The van der Waals surface area contributed by atoms with Gasteiger partial charge in [-0.3, -0.25) is 4.79 Å². The number of benzene rings is 1. The SMILES string of the molecule is O=C(Nc1ccccc1-n1cccn1)C1CC1(Cl)Cl. The molecule has 0 saturated heterocycles. The highest BCUT2D eigenvalue weighted by Gasteiger charge is 2.56. The molecule has 2 aromatic rings. The summed E-state index contributed by atoms with van der Waals surface area (Å²) in [6, 6.07) is 9.26. The number of nitrogens with one attached hydrogen (secondary N) is 1. The Morgan fingerprint density at radius 3 is 2.74 bits per heavy atom. The lowest BCUT2D eigenvalue weighted by Crippen LogP contribution is -2.18. The Morgan fingerprint density at radius 1 is 1.37 bits per heavy atom. The Kier molecular flexibility index (Phi) is 2.99. The first-order chi connectivity index (χ1) is 9.08. The van der Waals surface area contributed by atoms with Crippen molar-refractivity contribution in [2.24, 2.45) is 5.92 Å². The van der Waals surface area contributed by atoms with E-state index in [4.69, 9.17) is 23.2 Å². The van der Waals surface area contributed by atoms with Crippen molar-refractivity contribution in [3.8, 4) is 5.69 Å². The number of hydrogen-bond donors (Lipinski definition) is 1. The van der Waals surface area contributed by atoms with Crippen molar-refractivity contribution >= 4 is 34.8 Å². The summed E-state index contributed by atoms with van der Waals surface area (Å²) in [5, 5.41) is 7.00. The van der Waals surface area contributed by atoms with E-state index in [9.17, 15) is 4.79 Å². The number of carbonyl (C=O) groups is 1. The average Bonchev–Trinajstić information content (AvgIpc) is 2.80. The summed E-state index contributed by atoms with van der Waals surface area (Å²) < 4.78 is 0.780. The van der Waals surface area contributed by atoms with Crippen molar-refractivity contribution in [3.05, 3.63) is 42.7 Å². The largest absolute Gasteiger partial charge is 0.324 e. The molecular formula is C13H11Cl2N3O. The molecule has 98 valence electrons. The lowest BCUT2D eigenvalue weighted by atomic mass is 10.2. The number of halogens is 2. The zero-order valence-electron chi connectivity index (χ0n) is 9.88. The molecule has 1 saturated carbocycles. The van der Waals surface area contributed by atoms with Gasteiger partial charge in [-0.2, -0.15) is 5.10 Å². The van der Waals surface area contributed by atoms with Crippen LogP contribution in [0.5, 0.6) is 0 Å². The minimum absolute atomic E-state index is 0.162. The predicted molar refractivity (Wildman–Crippen MR) is 74.7 cm³/mol. The van der Waals surface area contributed by atoms with Crippen LogP contribution in [-0.4, -0.2) is 20.0 Å². The summed E-state index contributed by atoms with van der Waals surface area (Å²) >= 11 is 11.8. The third-order valence-electron chi connectivity index (χ3n) is 3.06. The zero-order valence-corrected chi connectivity index (χ0v) is 11.4. The van der Waals surface area contributed by atoms with E-state index in [0.717, 1.165) is 5.69 Å². The molecule has 1 aromatic carbocycles. The summed E-state index contributed by atoms with van der Waals surface area (Å²) in [5.41, 5.74) is 1.49. The van der Waals surface area contributed by atoms with Crippen LogP contribution in [0.25, 0.3) is 5.69 Å². The fourth-order valence-electron chi connectivity index (χ4n) is 1.91. The summed E-state index contributed by atoms with van der Waals surface area (Å²) in [7, 11) is 0. The maximum absolute atomic E-state index is 12.0. The monoisotopic (exact) mass is 295 g/mol. The van der Waals surface area contributed by atoms with Crippen LogP contribution < -0.4 is 5.32 Å². The van der Waals surface area contributed by atoms with Gasteiger partial charge in [-0.25, -0.2) is 4.68 Å². The molecule has 0 aliphatic heterocycles. The van der Waals surface area contributed by atoms with Crippen molar-refractivity contribution in [1.29, 1.82) is 0 Å². The first-order valence-corrected chi connectivity index (χ1v) is 6.61. The van der Waals surface area contributed by atoms with E-state index in [0.29, 0.717) is 12.1 Å². The van der Waals surface area contributed by atoms with Crippen LogP contribution in [-0.2, 0) is 4.79 Å². The molecule has 1 fully saturated rings. The molecular weight excluding hydrogens is 285 g/mol. The van der Waals surface area contributed by atoms with Crippen LogP contribution in [0.4, 0.5) is 5.69 Å². The molecule has 0 radical (unpaired) electrons. The van der Waals surface area contributed by atoms with E-state index < -0.39 is 4.33 Å². The molecule has 1 aliphatic rings. The van der Waals surface area contributed by atoms with Gasteiger partial charge in [-0.15, -0.1) is 23.2 Å². The van der Waals surface area contributed by atoms with E-state index in [1.807, 2.05) is 36.5 Å². The van der Waals surface area contributed by atoms with Gasteiger partial charge in [0, 0.05) is 12.4 Å². The van der Waals surface area contributed by atoms with E-state index >= 15 is 0 Å². The first-order valence-electron chi connectivity index (χ1n) is 5.86. The molecule has 1 aliphatic carbocycles. The molecule has 0 bridgehead atoms. The highest BCUT2D eigenvalue weighted by Crippen LogP contribution is 2.53. The van der Waals surface area contributed by atoms with Gasteiger partial charge >= 0.3 is 0 Å². The zero-order chi connectivity index (χ0) is 13.5. The third kappa shape index (κ3) is 2.46. The molecule has 1 N–H and O–H groups in total. The summed E-state index contributed by atoms with van der Waals surface area (Å²) in [5.74, 6) is -0.508. The van der Waals surface area contributed by atoms with Gasteiger partial charge in [0.25, 0.3) is 0 Å². The molecule has 1 heterocycles. The van der Waals surface area contributed by atoms with Crippen molar-refractivity contribution < 1.29 is 4.79 Å². The van der Waals surface area contributed by atoms with Gasteiger partial charge in [0.2, 0.25) is 5.91 Å². The molecule has 1 unspecified atom stereocenters. The summed E-state index contributed by atoms with van der Waals surface area (Å²) in [6.07, 6.45) is 3.99. The number of carbonyl (C=O) groups excluding carboxylic acids is 1. The van der Waals surface area contributed by atoms with Gasteiger partial charge in [-0.1, -0.05) is 12.1 Å². The number of rotatable bonds is 3. The van der Waals surface area contributed by atoms with Crippen LogP contribution in [0.2, 0.25) is 0 Å². The van der Waals surface area contributed by atoms with Gasteiger partial charge in [0.1, 0.15) is 4.33 Å². The van der Waals surface area contributed by atoms with E-state index in [1.165, 1.54) is 0 Å². The predicted octanol–water partition coefficient (Wildman–Crippen LogP) is 3.00. The van der Waals surface area contributed by atoms with E-state index in [-0.39, 0.29) is 11.8 Å². The fourth-order valence-corrected chi connectivity index (χ4v) is 2.41. The molecule has 0 spiro atoms. The third-order valence-corrected chi connectivity index (χ3v) is 3.89. The summed E-state index contributed by atoms with van der Waals surface area (Å²) in [6.45, 7) is 0. The molecule has 19 heavy (non-hydrogen) atoms. The van der Waals surface area contributed by atoms with Crippen LogP contribution in [0.15, 0.2) is 42.7 Å². The van der Waals surface area contributed by atoms with Crippen LogP contribution in [0, 0.1) is 5.92 Å². The van der Waals surface area contributed by atoms with Gasteiger partial charge in [-0.05, 0) is 24.6 Å². The molecule has 6 heteroatoms. The lowest BCUT2D eigenvalue weighted by Gasteiger charge is -2.11. The van der Waals surface area contributed by atoms with Crippen molar-refractivity contribution in [1.82, 2.24) is 9.78 Å². The van der Waals surface area contributed by atoms with Crippen molar-refractivity contribution in [2.45, 2.75) is 10.8 Å². The number of nitrogens with zero attached hydrogens (tertiary/aromatic N) is 2. The first kappa shape index (κ1) is 12.5. The normalized spacial score (nSPS) is 20.0. The number of aromatic nitrogens is 2. The van der Waals surface area contributed by atoms with Gasteiger partial charge in [0.15, 0.2) is 0 Å². The van der Waals surface area contributed by atoms with Crippen molar-refractivity contribution in [3.63, 3.8) is 0 Å². The molecule has 1 atom stereocenters. The highest BCUT2D eigenvalue weighted by atomic mass is 35.5. The Hall–Kier alpha value is -1.52. The Balaban J connectivity index is 1.84. The van der Waals surface area contributed by atoms with Gasteiger partial charge in [0.05, 0.1) is 17.3 Å². The number of anilines is 1. The van der Waals surface area contributed by atoms with Crippen LogP contribution in [0.3, 0.4) is 0 Å². The minimum atomic E-state index is -0.912. The van der Waals surface area contributed by atoms with Crippen LogP contribution in [0.1, 0.15) is 6.42 Å². The molecule has 1 amide bonds. The van der Waals surface area contributed by atoms with E-state index in [2.05, 4.69) is 10.4 Å². The number of alkyl halides is 2. The smallest absolute Gasteiger partial charge is 0.230 e. The quantitative estimate of drug-likeness (QED) is 0.885. The maximum atomic E-state index is 12.0. The van der Waals surface area contributed by atoms with E-state index in [1.54, 1.807) is 10.9 Å². The summed E-state index contributed by atoms with van der Waals surface area (Å²) in [4.78, 5) is 12.0. The molecule has 1 aromatic heterocycles. The number of amides is 1. The molecule has 3 rings (SSSR count).